The van der Waals surface area contributed by atoms with Crippen LogP contribution in [-0.4, -0.2) is 47.3 Å². The maximum atomic E-state index is 9.57. The molecule has 1 N–H and O–H groups in total. The number of nitrogens with zero attached hydrogens (tertiary/aromatic N) is 2. The summed E-state index contributed by atoms with van der Waals surface area (Å²) in [4.78, 5) is 2.45. The zero-order chi connectivity index (χ0) is 11.8. The van der Waals surface area contributed by atoms with E-state index in [9.17, 15) is 5.11 Å². The highest BCUT2D eigenvalue weighted by atomic mass is 32.2. The minimum atomic E-state index is -0.171. The number of aliphatic hydroxyl groups excluding tert-OH is 1. The molecular formula is C12H22N2OS. The molecule has 0 amide bonds. The van der Waals surface area contributed by atoms with E-state index in [0.29, 0.717) is 11.7 Å². The van der Waals surface area contributed by atoms with Gasteiger partial charge in [0.25, 0.3) is 0 Å². The third-order valence-electron chi connectivity index (χ3n) is 3.15. The summed E-state index contributed by atoms with van der Waals surface area (Å²) < 4.78 is 0. The van der Waals surface area contributed by atoms with E-state index in [2.05, 4.69) is 11.0 Å². The lowest BCUT2D eigenvalue weighted by atomic mass is 9.93. The lowest BCUT2D eigenvalue weighted by molar-refractivity contribution is 0.0631. The van der Waals surface area contributed by atoms with Gasteiger partial charge < -0.3 is 10.0 Å². The normalized spacial score (nSPS) is 23.9. The average Bonchev–Trinajstić information content (AvgIpc) is 2.29. The number of hydrogen-bond acceptors (Lipinski definition) is 4. The van der Waals surface area contributed by atoms with Crippen LogP contribution in [0.15, 0.2) is 0 Å². The number of nitriles is 1. The number of hydrogen-bond donors (Lipinski definition) is 1. The Morgan fingerprint density at radius 3 is 3.12 bits per heavy atom. The van der Waals surface area contributed by atoms with E-state index >= 15 is 0 Å². The van der Waals surface area contributed by atoms with Gasteiger partial charge in [0.05, 0.1) is 17.9 Å². The van der Waals surface area contributed by atoms with Gasteiger partial charge in [-0.25, -0.2) is 0 Å². The second-order valence-corrected chi connectivity index (χ2v) is 5.61. The molecule has 0 radical (unpaired) electrons. The minimum absolute atomic E-state index is 0.171. The molecule has 0 bridgehead atoms. The molecule has 16 heavy (non-hydrogen) atoms. The summed E-state index contributed by atoms with van der Waals surface area (Å²) in [7, 11) is 0. The predicted octanol–water partition coefficient (Wildman–Crippen LogP) is 1.73. The van der Waals surface area contributed by atoms with Crippen LogP contribution in [0.1, 0.15) is 26.2 Å². The Morgan fingerprint density at radius 2 is 2.44 bits per heavy atom. The van der Waals surface area contributed by atoms with Crippen molar-refractivity contribution >= 4 is 11.8 Å². The molecule has 2 atom stereocenters. The van der Waals surface area contributed by atoms with E-state index in [0.717, 1.165) is 31.7 Å². The zero-order valence-corrected chi connectivity index (χ0v) is 10.9. The number of aliphatic hydroxyl groups is 1. The Kier molecular flexibility index (Phi) is 6.86. The molecule has 0 aromatic heterocycles. The molecule has 0 aromatic rings. The SMILES string of the molecule is CC(O)C1CCCN(CCCSCC#N)C1. The first-order chi connectivity index (χ1) is 7.74. The van der Waals surface area contributed by atoms with Crippen LogP contribution in [0.25, 0.3) is 0 Å². The molecule has 92 valence electrons. The van der Waals surface area contributed by atoms with E-state index < -0.39 is 0 Å². The fourth-order valence-corrected chi connectivity index (χ4v) is 2.77. The van der Waals surface area contributed by atoms with Gasteiger partial charge in [-0.2, -0.15) is 5.26 Å². The molecular weight excluding hydrogens is 220 g/mol. The van der Waals surface area contributed by atoms with E-state index in [1.54, 1.807) is 11.8 Å². The largest absolute Gasteiger partial charge is 0.393 e. The number of rotatable bonds is 6. The maximum absolute atomic E-state index is 9.57. The van der Waals surface area contributed by atoms with Crippen LogP contribution in [0.3, 0.4) is 0 Å². The van der Waals surface area contributed by atoms with Gasteiger partial charge in [-0.1, -0.05) is 0 Å². The summed E-state index contributed by atoms with van der Waals surface area (Å²) in [5, 5.41) is 18.0. The summed E-state index contributed by atoms with van der Waals surface area (Å²) in [5.41, 5.74) is 0. The number of piperidine rings is 1. The Balaban J connectivity index is 2.10. The Bertz CT molecular complexity index is 228. The summed E-state index contributed by atoms with van der Waals surface area (Å²) in [5.74, 6) is 2.14. The van der Waals surface area contributed by atoms with Crippen LogP contribution >= 0.6 is 11.8 Å². The summed E-state index contributed by atoms with van der Waals surface area (Å²) in [6.07, 6.45) is 3.35. The molecule has 3 nitrogen and oxygen atoms in total. The molecule has 1 saturated heterocycles. The molecule has 0 aliphatic carbocycles. The van der Waals surface area contributed by atoms with Gasteiger partial charge >= 0.3 is 0 Å². The van der Waals surface area contributed by atoms with Crippen LogP contribution < -0.4 is 0 Å². The van der Waals surface area contributed by atoms with Crippen molar-refractivity contribution in [3.05, 3.63) is 0 Å². The van der Waals surface area contributed by atoms with Crippen LogP contribution in [0.2, 0.25) is 0 Å². The molecule has 4 heteroatoms. The van der Waals surface area contributed by atoms with Crippen LogP contribution in [0.4, 0.5) is 0 Å². The third-order valence-corrected chi connectivity index (χ3v) is 4.06. The van der Waals surface area contributed by atoms with Gasteiger partial charge in [-0.05, 0) is 50.9 Å². The summed E-state index contributed by atoms with van der Waals surface area (Å²) in [6, 6.07) is 2.14. The van der Waals surface area contributed by atoms with Crippen molar-refractivity contribution in [3.63, 3.8) is 0 Å². The summed E-state index contributed by atoms with van der Waals surface area (Å²) in [6.45, 7) is 5.23. The number of likely N-dealkylation sites (tertiary alicyclic amines) is 1. The smallest absolute Gasteiger partial charge is 0.0808 e. The Morgan fingerprint density at radius 1 is 1.62 bits per heavy atom. The highest BCUT2D eigenvalue weighted by Crippen LogP contribution is 2.19. The van der Waals surface area contributed by atoms with Crippen LogP contribution in [0, 0.1) is 17.2 Å². The third kappa shape index (κ3) is 5.20. The van der Waals surface area contributed by atoms with Crippen molar-refractivity contribution in [3.8, 4) is 6.07 Å². The van der Waals surface area contributed by atoms with Crippen molar-refractivity contribution in [2.45, 2.75) is 32.3 Å². The van der Waals surface area contributed by atoms with E-state index in [1.807, 2.05) is 6.92 Å². The zero-order valence-electron chi connectivity index (χ0n) is 10.1. The maximum Gasteiger partial charge on any atom is 0.0808 e. The van der Waals surface area contributed by atoms with Crippen molar-refractivity contribution in [1.82, 2.24) is 4.90 Å². The highest BCUT2D eigenvalue weighted by Gasteiger charge is 2.22. The van der Waals surface area contributed by atoms with Crippen molar-refractivity contribution in [2.75, 3.05) is 31.1 Å². The first-order valence-corrected chi connectivity index (χ1v) is 7.24. The Hall–Kier alpha value is -0.240. The first-order valence-electron chi connectivity index (χ1n) is 6.09. The molecule has 0 saturated carbocycles. The quantitative estimate of drug-likeness (QED) is 0.721. The molecule has 1 fully saturated rings. The molecule has 0 spiro atoms. The summed E-state index contributed by atoms with van der Waals surface area (Å²) >= 11 is 1.71. The molecule has 2 unspecified atom stereocenters. The van der Waals surface area contributed by atoms with Gasteiger partial charge in [0, 0.05) is 6.54 Å². The predicted molar refractivity (Wildman–Crippen MR) is 68.4 cm³/mol. The van der Waals surface area contributed by atoms with Gasteiger partial charge in [0.15, 0.2) is 0 Å². The second-order valence-electron chi connectivity index (χ2n) is 4.51. The van der Waals surface area contributed by atoms with E-state index in [-0.39, 0.29) is 6.10 Å². The standard InChI is InChI=1S/C12H22N2OS/c1-11(15)12-4-2-6-14(10-12)7-3-8-16-9-5-13/h11-12,15H,2-4,6-10H2,1H3. The monoisotopic (exact) mass is 242 g/mol. The van der Waals surface area contributed by atoms with Gasteiger partial charge in [0.1, 0.15) is 0 Å². The van der Waals surface area contributed by atoms with Crippen molar-refractivity contribution < 1.29 is 5.11 Å². The molecule has 1 aliphatic rings. The lowest BCUT2D eigenvalue weighted by Crippen LogP contribution is -2.40. The fraction of sp³-hybridized carbons (Fsp3) is 0.917. The Labute approximate surface area is 103 Å². The highest BCUT2D eigenvalue weighted by molar-refractivity contribution is 7.99. The molecule has 1 aliphatic heterocycles. The minimum Gasteiger partial charge on any atom is -0.393 e. The van der Waals surface area contributed by atoms with E-state index in [4.69, 9.17) is 5.26 Å². The van der Waals surface area contributed by atoms with Gasteiger partial charge in [-0.3, -0.25) is 0 Å². The van der Waals surface area contributed by atoms with Crippen LogP contribution in [-0.2, 0) is 0 Å². The van der Waals surface area contributed by atoms with Crippen LogP contribution in [0.5, 0.6) is 0 Å². The first kappa shape index (κ1) is 13.8. The molecule has 1 rings (SSSR count). The second kappa shape index (κ2) is 7.94. The lowest BCUT2D eigenvalue weighted by Gasteiger charge is -2.34. The molecule has 1 heterocycles. The van der Waals surface area contributed by atoms with E-state index in [1.165, 1.54) is 13.0 Å². The van der Waals surface area contributed by atoms with Crippen molar-refractivity contribution in [1.29, 1.82) is 5.26 Å². The van der Waals surface area contributed by atoms with Gasteiger partial charge in [0.2, 0.25) is 0 Å². The molecule has 0 aromatic carbocycles. The number of thioether (sulfide) groups is 1. The van der Waals surface area contributed by atoms with Gasteiger partial charge in [-0.15, -0.1) is 11.8 Å². The average molecular weight is 242 g/mol. The van der Waals surface area contributed by atoms with Crippen molar-refractivity contribution in [2.24, 2.45) is 5.92 Å². The topological polar surface area (TPSA) is 47.3 Å². The fourth-order valence-electron chi connectivity index (χ4n) is 2.20.